The number of aromatic nitrogens is 1. The van der Waals surface area contributed by atoms with E-state index in [-0.39, 0.29) is 11.8 Å². The molecule has 0 fully saturated rings. The maximum Gasteiger partial charge on any atom is 0.258 e. The van der Waals surface area contributed by atoms with E-state index < -0.39 is 0 Å². The Hall–Kier alpha value is -3.80. The predicted octanol–water partition coefficient (Wildman–Crippen LogP) is 5.61. The number of amides is 2. The third-order valence-electron chi connectivity index (χ3n) is 4.93. The van der Waals surface area contributed by atoms with E-state index in [2.05, 4.69) is 21.7 Å². The summed E-state index contributed by atoms with van der Waals surface area (Å²) in [7, 11) is 0. The molecule has 4 aromatic rings. The van der Waals surface area contributed by atoms with Crippen molar-refractivity contribution in [2.24, 2.45) is 0 Å². The van der Waals surface area contributed by atoms with Gasteiger partial charge in [0, 0.05) is 27.8 Å². The first-order valence-corrected chi connectivity index (χ1v) is 11.8. The van der Waals surface area contributed by atoms with Crippen molar-refractivity contribution in [3.05, 3.63) is 81.5 Å². The van der Waals surface area contributed by atoms with Gasteiger partial charge in [-0.25, -0.2) is 4.98 Å². The van der Waals surface area contributed by atoms with Crippen molar-refractivity contribution in [3.8, 4) is 27.8 Å². The van der Waals surface area contributed by atoms with E-state index in [0.29, 0.717) is 33.9 Å². The largest absolute Gasteiger partial charge is 0.351 e. The van der Waals surface area contributed by atoms with Crippen LogP contribution in [-0.4, -0.2) is 16.8 Å². The van der Waals surface area contributed by atoms with Gasteiger partial charge in [-0.15, -0.1) is 22.7 Å². The van der Waals surface area contributed by atoms with E-state index in [0.717, 1.165) is 20.3 Å². The van der Waals surface area contributed by atoms with Crippen LogP contribution in [0.25, 0.3) is 21.7 Å². The zero-order valence-corrected chi connectivity index (χ0v) is 19.6. The van der Waals surface area contributed by atoms with Gasteiger partial charge in [0.1, 0.15) is 0 Å². The van der Waals surface area contributed by atoms with Gasteiger partial charge in [-0.3, -0.25) is 14.9 Å². The van der Waals surface area contributed by atoms with Crippen LogP contribution in [0.2, 0.25) is 0 Å². The van der Waals surface area contributed by atoms with E-state index in [9.17, 15) is 14.9 Å². The van der Waals surface area contributed by atoms with Crippen molar-refractivity contribution < 1.29 is 9.59 Å². The molecule has 8 heteroatoms. The average molecular weight is 473 g/mol. The summed E-state index contributed by atoms with van der Waals surface area (Å²) in [5.41, 5.74) is 3.22. The minimum atomic E-state index is -0.281. The number of hydrogen-bond acceptors (Lipinski definition) is 6. The normalized spacial score (nSPS) is 10.5. The molecule has 0 aliphatic heterocycles. The van der Waals surface area contributed by atoms with Gasteiger partial charge < -0.3 is 5.32 Å². The van der Waals surface area contributed by atoms with Crippen LogP contribution in [0.5, 0.6) is 0 Å². The molecule has 0 saturated heterocycles. The first-order chi connectivity index (χ1) is 16.0. The van der Waals surface area contributed by atoms with Crippen molar-refractivity contribution in [2.75, 3.05) is 5.32 Å². The smallest absolute Gasteiger partial charge is 0.258 e. The monoisotopic (exact) mass is 472 g/mol. The Balaban J connectivity index is 1.58. The summed E-state index contributed by atoms with van der Waals surface area (Å²) < 4.78 is 0. The van der Waals surface area contributed by atoms with Crippen molar-refractivity contribution in [1.29, 1.82) is 5.26 Å². The Kier molecular flexibility index (Phi) is 6.63. The quantitative estimate of drug-likeness (QED) is 0.381. The molecule has 0 bridgehead atoms. The molecular formula is C25H20N4O2S2. The third kappa shape index (κ3) is 5.00. The maximum absolute atomic E-state index is 13.2. The van der Waals surface area contributed by atoms with Gasteiger partial charge in [0.15, 0.2) is 5.13 Å². The minimum Gasteiger partial charge on any atom is -0.351 e. The second-order valence-electron chi connectivity index (χ2n) is 7.26. The maximum atomic E-state index is 13.2. The number of thiazole rings is 1. The van der Waals surface area contributed by atoms with Gasteiger partial charge in [-0.05, 0) is 36.8 Å². The molecule has 0 aliphatic rings. The number of aryl methyl sites for hydroxylation is 1. The first-order valence-electron chi connectivity index (χ1n) is 10.2. The summed E-state index contributed by atoms with van der Waals surface area (Å²) in [5.74, 6) is -0.353. The molecule has 2 aromatic carbocycles. The summed E-state index contributed by atoms with van der Waals surface area (Å²) in [6.07, 6.45) is 0. The highest BCUT2D eigenvalue weighted by Gasteiger charge is 2.18. The number of anilines is 1. The second-order valence-corrected chi connectivity index (χ2v) is 9.63. The lowest BCUT2D eigenvalue weighted by molar-refractivity contribution is -0.119. The zero-order chi connectivity index (χ0) is 23.4. The van der Waals surface area contributed by atoms with Crippen LogP contribution < -0.4 is 10.6 Å². The van der Waals surface area contributed by atoms with Gasteiger partial charge >= 0.3 is 0 Å². The molecule has 0 saturated carbocycles. The molecular weight excluding hydrogens is 452 g/mol. The minimum absolute atomic E-state index is 0.0718. The second kappa shape index (κ2) is 9.77. The summed E-state index contributed by atoms with van der Waals surface area (Å²) in [4.78, 5) is 31.9. The van der Waals surface area contributed by atoms with E-state index in [1.165, 1.54) is 18.3 Å². The Morgan fingerprint density at radius 2 is 1.73 bits per heavy atom. The lowest BCUT2D eigenvalue weighted by atomic mass is 9.95. The number of carbonyl (C=O) groups excluding carboxylic acids is 2. The molecule has 0 spiro atoms. The molecule has 4 rings (SSSR count). The van der Waals surface area contributed by atoms with Gasteiger partial charge in [0.25, 0.3) is 5.91 Å². The molecule has 2 amide bonds. The van der Waals surface area contributed by atoms with Crippen molar-refractivity contribution in [3.63, 3.8) is 0 Å². The van der Waals surface area contributed by atoms with Crippen LogP contribution in [0.3, 0.4) is 0 Å². The molecule has 0 aliphatic carbocycles. The zero-order valence-electron chi connectivity index (χ0n) is 18.0. The molecule has 2 N–H and O–H groups in total. The van der Waals surface area contributed by atoms with E-state index in [4.69, 9.17) is 0 Å². The summed E-state index contributed by atoms with van der Waals surface area (Å²) in [6.45, 7) is 3.94. The lowest BCUT2D eigenvalue weighted by Gasteiger charge is -2.10. The Morgan fingerprint density at radius 3 is 2.48 bits per heavy atom. The number of nitrogens with one attached hydrogen (secondary N) is 2. The summed E-state index contributed by atoms with van der Waals surface area (Å²) in [5, 5.41) is 15.7. The highest BCUT2D eigenvalue weighted by atomic mass is 32.1. The topological polar surface area (TPSA) is 94.9 Å². The van der Waals surface area contributed by atoms with Gasteiger partial charge in [-0.2, -0.15) is 5.26 Å². The highest BCUT2D eigenvalue weighted by Crippen LogP contribution is 2.35. The lowest BCUT2D eigenvalue weighted by Crippen LogP contribution is -2.17. The molecule has 0 unspecified atom stereocenters. The van der Waals surface area contributed by atoms with Crippen molar-refractivity contribution in [2.45, 2.75) is 20.4 Å². The van der Waals surface area contributed by atoms with E-state index in [1.807, 2.05) is 43.3 Å². The highest BCUT2D eigenvalue weighted by molar-refractivity contribution is 7.18. The molecule has 33 heavy (non-hydrogen) atoms. The summed E-state index contributed by atoms with van der Waals surface area (Å²) in [6, 6.07) is 20.6. The molecule has 2 aromatic heterocycles. The number of thiophene rings is 1. The number of hydrogen-bond donors (Lipinski definition) is 2. The van der Waals surface area contributed by atoms with Gasteiger partial charge in [-0.1, -0.05) is 36.4 Å². The SMILES string of the molecule is CC(=O)NCc1ccc(-c2nc(NC(=O)c3ccccc3-c3ccccc3C#N)sc2C)s1. The Labute approximate surface area is 199 Å². The number of carbonyl (C=O) groups is 2. The summed E-state index contributed by atoms with van der Waals surface area (Å²) >= 11 is 2.97. The fraction of sp³-hybridized carbons (Fsp3) is 0.120. The average Bonchev–Trinajstić information content (AvgIpc) is 3.43. The van der Waals surface area contributed by atoms with Crippen molar-refractivity contribution >= 4 is 39.6 Å². The predicted molar refractivity (Wildman–Crippen MR) is 132 cm³/mol. The molecule has 0 radical (unpaired) electrons. The number of rotatable bonds is 6. The third-order valence-corrected chi connectivity index (χ3v) is 6.91. The number of nitriles is 1. The van der Waals surface area contributed by atoms with E-state index >= 15 is 0 Å². The van der Waals surface area contributed by atoms with Crippen LogP contribution in [0.15, 0.2) is 60.7 Å². The Morgan fingerprint density at radius 1 is 1.00 bits per heavy atom. The van der Waals surface area contributed by atoms with Crippen LogP contribution in [0, 0.1) is 18.3 Å². The standard InChI is InChI=1S/C25H20N4O2S2/c1-15-23(22-12-11-18(33-22)14-27-16(2)30)28-25(32-15)29-24(31)21-10-6-5-9-20(21)19-8-4-3-7-17(19)13-26/h3-12H,14H2,1-2H3,(H,27,30)(H,28,29,31). The molecule has 2 heterocycles. The Bertz CT molecular complexity index is 1380. The number of benzene rings is 2. The van der Waals surface area contributed by atoms with Crippen LogP contribution >= 0.6 is 22.7 Å². The van der Waals surface area contributed by atoms with Crippen LogP contribution in [0.1, 0.15) is 32.6 Å². The van der Waals surface area contributed by atoms with E-state index in [1.54, 1.807) is 35.6 Å². The van der Waals surface area contributed by atoms with Gasteiger partial charge in [0.2, 0.25) is 5.91 Å². The van der Waals surface area contributed by atoms with Crippen LogP contribution in [0.4, 0.5) is 5.13 Å². The first kappa shape index (κ1) is 22.4. The molecule has 6 nitrogen and oxygen atoms in total. The number of nitrogens with zero attached hydrogens (tertiary/aromatic N) is 2. The molecule has 0 atom stereocenters. The van der Waals surface area contributed by atoms with Crippen molar-refractivity contribution in [1.82, 2.24) is 10.3 Å². The van der Waals surface area contributed by atoms with Crippen LogP contribution in [-0.2, 0) is 11.3 Å². The fourth-order valence-corrected chi connectivity index (χ4v) is 5.27. The molecule has 164 valence electrons. The fourth-order valence-electron chi connectivity index (χ4n) is 3.39. The van der Waals surface area contributed by atoms with Gasteiger partial charge in [0.05, 0.1) is 28.7 Å².